The summed E-state index contributed by atoms with van der Waals surface area (Å²) in [6.45, 7) is 2.29. The standard InChI is InChI=1S/C19H16N4OS/c1-13-18(23-8-3-2-4-17(23)22-13)19(24)21-11-14-5-7-20-16(10-14)15-6-9-25-12-15/h2-10,12H,11H2,1H3,(H,21,24). The summed E-state index contributed by atoms with van der Waals surface area (Å²) in [7, 11) is 0. The second-order valence-electron chi connectivity index (χ2n) is 5.72. The first-order chi connectivity index (χ1) is 12.2. The highest BCUT2D eigenvalue weighted by atomic mass is 32.1. The number of thiophene rings is 1. The summed E-state index contributed by atoms with van der Waals surface area (Å²) in [5, 5.41) is 7.07. The lowest BCUT2D eigenvalue weighted by Gasteiger charge is -2.07. The maximum absolute atomic E-state index is 12.6. The molecule has 0 saturated carbocycles. The Kier molecular flexibility index (Phi) is 4.03. The molecule has 0 unspecified atom stereocenters. The molecule has 4 aromatic heterocycles. The smallest absolute Gasteiger partial charge is 0.270 e. The molecule has 0 aromatic carbocycles. The zero-order valence-electron chi connectivity index (χ0n) is 13.6. The summed E-state index contributed by atoms with van der Waals surface area (Å²) in [4.78, 5) is 21.5. The number of nitrogens with zero attached hydrogens (tertiary/aromatic N) is 3. The maximum Gasteiger partial charge on any atom is 0.270 e. The van der Waals surface area contributed by atoms with E-state index in [9.17, 15) is 4.79 Å². The lowest BCUT2D eigenvalue weighted by atomic mass is 10.1. The number of fused-ring (bicyclic) bond motifs is 1. The van der Waals surface area contributed by atoms with Crippen LogP contribution in [0.2, 0.25) is 0 Å². The average molecular weight is 348 g/mol. The number of pyridine rings is 2. The van der Waals surface area contributed by atoms with E-state index in [0.717, 1.165) is 28.2 Å². The number of aryl methyl sites for hydroxylation is 1. The van der Waals surface area contributed by atoms with Crippen molar-refractivity contribution in [2.24, 2.45) is 0 Å². The lowest BCUT2D eigenvalue weighted by molar-refractivity contribution is 0.0944. The number of imidazole rings is 1. The number of aromatic nitrogens is 3. The molecule has 6 heteroatoms. The topological polar surface area (TPSA) is 59.3 Å². The third-order valence-corrected chi connectivity index (χ3v) is 4.70. The van der Waals surface area contributed by atoms with Crippen molar-refractivity contribution in [3.63, 3.8) is 0 Å². The van der Waals surface area contributed by atoms with Crippen LogP contribution in [0.25, 0.3) is 16.9 Å². The number of rotatable bonds is 4. The monoisotopic (exact) mass is 348 g/mol. The van der Waals surface area contributed by atoms with Crippen LogP contribution in [0.1, 0.15) is 21.7 Å². The Morgan fingerprint density at radius 2 is 2.20 bits per heavy atom. The number of nitrogens with one attached hydrogen (secondary N) is 1. The summed E-state index contributed by atoms with van der Waals surface area (Å²) < 4.78 is 1.81. The van der Waals surface area contributed by atoms with E-state index >= 15 is 0 Å². The Morgan fingerprint density at radius 1 is 1.28 bits per heavy atom. The molecule has 4 heterocycles. The molecule has 0 saturated heterocycles. The minimum Gasteiger partial charge on any atom is -0.347 e. The van der Waals surface area contributed by atoms with Crippen LogP contribution in [0.15, 0.2) is 59.6 Å². The molecule has 4 rings (SSSR count). The van der Waals surface area contributed by atoms with Crippen molar-refractivity contribution in [1.29, 1.82) is 0 Å². The van der Waals surface area contributed by atoms with E-state index in [-0.39, 0.29) is 5.91 Å². The second-order valence-corrected chi connectivity index (χ2v) is 6.50. The molecule has 25 heavy (non-hydrogen) atoms. The van der Waals surface area contributed by atoms with Crippen molar-refractivity contribution < 1.29 is 4.79 Å². The Labute approximate surface area is 149 Å². The minimum atomic E-state index is -0.134. The van der Waals surface area contributed by atoms with Crippen molar-refractivity contribution >= 4 is 22.9 Å². The maximum atomic E-state index is 12.6. The summed E-state index contributed by atoms with van der Waals surface area (Å²) in [5.41, 5.74) is 5.08. The van der Waals surface area contributed by atoms with Crippen LogP contribution in [-0.4, -0.2) is 20.3 Å². The van der Waals surface area contributed by atoms with Crippen LogP contribution >= 0.6 is 11.3 Å². The first-order valence-electron chi connectivity index (χ1n) is 7.92. The van der Waals surface area contributed by atoms with E-state index in [1.165, 1.54) is 0 Å². The first kappa shape index (κ1) is 15.5. The zero-order valence-corrected chi connectivity index (χ0v) is 14.5. The predicted octanol–water partition coefficient (Wildman–Crippen LogP) is 3.70. The van der Waals surface area contributed by atoms with Crippen molar-refractivity contribution in [1.82, 2.24) is 19.7 Å². The van der Waals surface area contributed by atoms with Gasteiger partial charge in [0.1, 0.15) is 11.3 Å². The van der Waals surface area contributed by atoms with Gasteiger partial charge in [0.25, 0.3) is 5.91 Å². The van der Waals surface area contributed by atoms with E-state index in [4.69, 9.17) is 0 Å². The summed E-state index contributed by atoms with van der Waals surface area (Å²) in [6, 6.07) is 11.6. The van der Waals surface area contributed by atoms with Gasteiger partial charge in [0.2, 0.25) is 0 Å². The first-order valence-corrected chi connectivity index (χ1v) is 8.86. The molecule has 1 N–H and O–H groups in total. The molecular formula is C19H16N4OS. The molecule has 1 amide bonds. The van der Waals surface area contributed by atoms with Gasteiger partial charge in [-0.05, 0) is 48.2 Å². The van der Waals surface area contributed by atoms with E-state index in [2.05, 4.69) is 20.7 Å². The fourth-order valence-corrected chi connectivity index (χ4v) is 3.46. The predicted molar refractivity (Wildman–Crippen MR) is 98.6 cm³/mol. The number of hydrogen-bond acceptors (Lipinski definition) is 4. The van der Waals surface area contributed by atoms with Crippen LogP contribution in [0.4, 0.5) is 0 Å². The molecule has 5 nitrogen and oxygen atoms in total. The van der Waals surface area contributed by atoms with Crippen LogP contribution in [0, 0.1) is 6.92 Å². The van der Waals surface area contributed by atoms with E-state index < -0.39 is 0 Å². The van der Waals surface area contributed by atoms with Crippen molar-refractivity contribution in [3.05, 3.63) is 76.5 Å². The molecule has 0 aliphatic rings. The normalized spacial score (nSPS) is 10.9. The van der Waals surface area contributed by atoms with Gasteiger partial charge in [0.15, 0.2) is 0 Å². The van der Waals surface area contributed by atoms with Gasteiger partial charge in [0.05, 0.1) is 11.4 Å². The zero-order chi connectivity index (χ0) is 17.2. The fourth-order valence-electron chi connectivity index (χ4n) is 2.81. The van der Waals surface area contributed by atoms with Crippen molar-refractivity contribution in [3.8, 4) is 11.3 Å². The second kappa shape index (κ2) is 6.49. The minimum absolute atomic E-state index is 0.134. The molecule has 0 spiro atoms. The van der Waals surface area contributed by atoms with Gasteiger partial charge >= 0.3 is 0 Å². The van der Waals surface area contributed by atoms with Gasteiger partial charge in [-0.25, -0.2) is 4.98 Å². The highest BCUT2D eigenvalue weighted by Gasteiger charge is 2.16. The summed E-state index contributed by atoms with van der Waals surface area (Å²) in [5.74, 6) is -0.134. The molecule has 0 radical (unpaired) electrons. The fraction of sp³-hybridized carbons (Fsp3) is 0.105. The quantitative estimate of drug-likeness (QED) is 0.612. The Balaban J connectivity index is 1.54. The number of amides is 1. The molecule has 124 valence electrons. The van der Waals surface area contributed by atoms with Crippen molar-refractivity contribution in [2.75, 3.05) is 0 Å². The molecular weight excluding hydrogens is 332 g/mol. The van der Waals surface area contributed by atoms with Crippen LogP contribution in [0.3, 0.4) is 0 Å². The molecule has 0 fully saturated rings. The van der Waals surface area contributed by atoms with Gasteiger partial charge < -0.3 is 5.32 Å². The van der Waals surface area contributed by atoms with Gasteiger partial charge in [-0.3, -0.25) is 14.2 Å². The molecule has 0 aliphatic heterocycles. The van der Waals surface area contributed by atoms with Crippen LogP contribution in [-0.2, 0) is 6.54 Å². The molecule has 0 bridgehead atoms. The van der Waals surface area contributed by atoms with Gasteiger partial charge in [-0.15, -0.1) is 0 Å². The van der Waals surface area contributed by atoms with E-state index in [1.807, 2.05) is 59.3 Å². The number of hydrogen-bond donors (Lipinski definition) is 1. The number of carbonyl (C=O) groups is 1. The molecule has 0 atom stereocenters. The molecule has 4 aromatic rings. The van der Waals surface area contributed by atoms with Gasteiger partial charge in [-0.1, -0.05) is 6.07 Å². The van der Waals surface area contributed by atoms with Gasteiger partial charge in [0, 0.05) is 29.9 Å². The molecule has 0 aliphatic carbocycles. The van der Waals surface area contributed by atoms with E-state index in [0.29, 0.717) is 12.2 Å². The third kappa shape index (κ3) is 3.04. The third-order valence-electron chi connectivity index (χ3n) is 4.01. The van der Waals surface area contributed by atoms with Crippen LogP contribution < -0.4 is 5.32 Å². The Morgan fingerprint density at radius 3 is 3.04 bits per heavy atom. The van der Waals surface area contributed by atoms with Crippen LogP contribution in [0.5, 0.6) is 0 Å². The highest BCUT2D eigenvalue weighted by molar-refractivity contribution is 7.08. The average Bonchev–Trinajstić information content (AvgIpc) is 3.27. The Hall–Kier alpha value is -2.99. The number of carbonyl (C=O) groups excluding carboxylic acids is 1. The SMILES string of the molecule is Cc1nc2ccccn2c1C(=O)NCc1ccnc(-c2ccsc2)c1. The Bertz CT molecular complexity index is 1040. The summed E-state index contributed by atoms with van der Waals surface area (Å²) >= 11 is 1.64. The lowest BCUT2D eigenvalue weighted by Crippen LogP contribution is -2.25. The largest absolute Gasteiger partial charge is 0.347 e. The van der Waals surface area contributed by atoms with E-state index in [1.54, 1.807) is 17.5 Å². The summed E-state index contributed by atoms with van der Waals surface area (Å²) in [6.07, 6.45) is 3.62. The highest BCUT2D eigenvalue weighted by Crippen LogP contribution is 2.20. The van der Waals surface area contributed by atoms with Gasteiger partial charge in [-0.2, -0.15) is 11.3 Å². The van der Waals surface area contributed by atoms with Crippen molar-refractivity contribution in [2.45, 2.75) is 13.5 Å².